The number of benzene rings is 8. The van der Waals surface area contributed by atoms with Crippen LogP contribution in [-0.4, -0.2) is 15.0 Å². The van der Waals surface area contributed by atoms with Gasteiger partial charge in [0.1, 0.15) is 11.2 Å². The number of nitrogens with zero attached hydrogens (tertiary/aromatic N) is 3. The van der Waals surface area contributed by atoms with E-state index in [1.165, 1.54) is 21.7 Å². The molecule has 0 N–H and O–H groups in total. The number of rotatable bonds is 5. The molecular formula is C47H29N3O. The van der Waals surface area contributed by atoms with Gasteiger partial charge in [0.2, 0.25) is 0 Å². The first-order chi connectivity index (χ1) is 25.3. The lowest BCUT2D eigenvalue weighted by Crippen LogP contribution is -2.01. The summed E-state index contributed by atoms with van der Waals surface area (Å²) in [4.78, 5) is 15.7. The van der Waals surface area contributed by atoms with Crippen LogP contribution in [0.3, 0.4) is 0 Å². The lowest BCUT2D eigenvalue weighted by Gasteiger charge is -2.14. The van der Waals surface area contributed by atoms with Gasteiger partial charge in [-0.2, -0.15) is 0 Å². The average Bonchev–Trinajstić information content (AvgIpc) is 3.59. The van der Waals surface area contributed by atoms with E-state index >= 15 is 0 Å². The largest absolute Gasteiger partial charge is 0.456 e. The van der Waals surface area contributed by atoms with Gasteiger partial charge in [-0.1, -0.05) is 152 Å². The van der Waals surface area contributed by atoms with Crippen LogP contribution in [-0.2, 0) is 0 Å². The Kier molecular flexibility index (Phi) is 6.78. The van der Waals surface area contributed by atoms with E-state index in [0.29, 0.717) is 17.5 Å². The van der Waals surface area contributed by atoms with Gasteiger partial charge in [-0.3, -0.25) is 0 Å². The molecule has 0 bridgehead atoms. The molecule has 2 heterocycles. The van der Waals surface area contributed by atoms with Gasteiger partial charge in [0, 0.05) is 27.5 Å². The van der Waals surface area contributed by atoms with Crippen LogP contribution in [0.1, 0.15) is 0 Å². The maximum Gasteiger partial charge on any atom is 0.165 e. The fraction of sp³-hybridized carbons (Fsp3) is 0. The summed E-state index contributed by atoms with van der Waals surface area (Å²) >= 11 is 0. The molecule has 0 saturated carbocycles. The molecule has 0 amide bonds. The summed E-state index contributed by atoms with van der Waals surface area (Å²) in [5.41, 5.74) is 8.82. The summed E-state index contributed by atoms with van der Waals surface area (Å²) in [6.07, 6.45) is 0. The van der Waals surface area contributed by atoms with Gasteiger partial charge in [0.15, 0.2) is 17.5 Å². The Bertz CT molecular complexity index is 2900. The summed E-state index contributed by atoms with van der Waals surface area (Å²) in [6, 6.07) is 61.0. The lowest BCUT2D eigenvalue weighted by atomic mass is 9.94. The van der Waals surface area contributed by atoms with Crippen LogP contribution in [0.4, 0.5) is 0 Å². The van der Waals surface area contributed by atoms with Crippen molar-refractivity contribution in [2.24, 2.45) is 0 Å². The van der Waals surface area contributed by atoms with Gasteiger partial charge in [0.25, 0.3) is 0 Å². The third-order valence-electron chi connectivity index (χ3n) is 9.74. The molecule has 4 nitrogen and oxygen atoms in total. The van der Waals surface area contributed by atoms with E-state index in [4.69, 9.17) is 19.4 Å². The Morgan fingerprint density at radius 3 is 1.78 bits per heavy atom. The topological polar surface area (TPSA) is 51.8 Å². The van der Waals surface area contributed by atoms with Crippen molar-refractivity contribution in [1.82, 2.24) is 15.0 Å². The number of fused-ring (bicyclic) bond motifs is 5. The van der Waals surface area contributed by atoms with Gasteiger partial charge in [0.05, 0.1) is 0 Å². The summed E-state index contributed by atoms with van der Waals surface area (Å²) in [6.45, 7) is 0. The van der Waals surface area contributed by atoms with Crippen LogP contribution in [0.2, 0.25) is 0 Å². The van der Waals surface area contributed by atoms with E-state index < -0.39 is 0 Å². The van der Waals surface area contributed by atoms with Crippen LogP contribution in [0.25, 0.3) is 99.9 Å². The van der Waals surface area contributed by atoms with E-state index in [2.05, 4.69) is 152 Å². The predicted molar refractivity (Wildman–Crippen MR) is 209 cm³/mol. The zero-order valence-electron chi connectivity index (χ0n) is 27.5. The number of aromatic nitrogens is 3. The van der Waals surface area contributed by atoms with Crippen molar-refractivity contribution in [3.05, 3.63) is 176 Å². The first kappa shape index (κ1) is 29.0. The van der Waals surface area contributed by atoms with Crippen molar-refractivity contribution in [2.75, 3.05) is 0 Å². The third kappa shape index (κ3) is 5.04. The van der Waals surface area contributed by atoms with E-state index in [-0.39, 0.29) is 0 Å². The number of furan rings is 1. The van der Waals surface area contributed by atoms with E-state index in [9.17, 15) is 0 Å². The number of para-hydroxylation sites is 1. The molecule has 0 aliphatic carbocycles. The molecule has 0 atom stereocenters. The fourth-order valence-electron chi connectivity index (χ4n) is 7.26. The molecule has 0 radical (unpaired) electrons. The van der Waals surface area contributed by atoms with Crippen LogP contribution in [0.5, 0.6) is 0 Å². The van der Waals surface area contributed by atoms with Crippen molar-refractivity contribution in [1.29, 1.82) is 0 Å². The quantitative estimate of drug-likeness (QED) is 0.186. The fourth-order valence-corrected chi connectivity index (χ4v) is 7.26. The second kappa shape index (κ2) is 11.9. The van der Waals surface area contributed by atoms with Crippen molar-refractivity contribution < 1.29 is 4.42 Å². The number of hydrogen-bond donors (Lipinski definition) is 0. The molecule has 2 aromatic heterocycles. The SMILES string of the molecule is c1ccc(-c2ccc3oc4ccccc4c3c2-c2nc(-c3ccc(-c4cccc5ccccc45)cc3)nc(-c3ccc4ccccc4c3)n2)cc1. The molecule has 4 heteroatoms. The Hall–Kier alpha value is -6.91. The minimum Gasteiger partial charge on any atom is -0.456 e. The van der Waals surface area contributed by atoms with E-state index in [0.717, 1.165) is 60.7 Å². The highest BCUT2D eigenvalue weighted by Crippen LogP contribution is 2.42. The summed E-state index contributed by atoms with van der Waals surface area (Å²) in [5.74, 6) is 1.82. The molecule has 10 aromatic rings. The molecule has 0 fully saturated rings. The first-order valence-electron chi connectivity index (χ1n) is 17.1. The predicted octanol–water partition coefficient (Wildman–Crippen LogP) is 12.4. The summed E-state index contributed by atoms with van der Waals surface area (Å²) in [7, 11) is 0. The molecule has 0 saturated heterocycles. The average molecular weight is 652 g/mol. The highest BCUT2D eigenvalue weighted by Gasteiger charge is 2.22. The van der Waals surface area contributed by atoms with Crippen molar-refractivity contribution in [2.45, 2.75) is 0 Å². The van der Waals surface area contributed by atoms with Gasteiger partial charge in [-0.25, -0.2) is 15.0 Å². The zero-order chi connectivity index (χ0) is 33.7. The Balaban J connectivity index is 1.22. The van der Waals surface area contributed by atoms with Gasteiger partial charge < -0.3 is 4.42 Å². The molecule has 0 unspecified atom stereocenters. The Morgan fingerprint density at radius 1 is 0.333 bits per heavy atom. The van der Waals surface area contributed by atoms with Gasteiger partial charge in [-0.05, 0) is 68.1 Å². The lowest BCUT2D eigenvalue weighted by molar-refractivity contribution is 0.669. The first-order valence-corrected chi connectivity index (χ1v) is 17.1. The zero-order valence-corrected chi connectivity index (χ0v) is 27.5. The molecule has 8 aromatic carbocycles. The van der Waals surface area contributed by atoms with Crippen LogP contribution in [0.15, 0.2) is 180 Å². The Morgan fingerprint density at radius 2 is 0.941 bits per heavy atom. The Labute approximate surface area is 294 Å². The van der Waals surface area contributed by atoms with Gasteiger partial charge in [-0.15, -0.1) is 0 Å². The second-order valence-corrected chi connectivity index (χ2v) is 12.8. The number of hydrogen-bond acceptors (Lipinski definition) is 4. The molecule has 0 aliphatic heterocycles. The smallest absolute Gasteiger partial charge is 0.165 e. The van der Waals surface area contributed by atoms with Crippen molar-refractivity contribution >= 4 is 43.5 Å². The molecular weight excluding hydrogens is 623 g/mol. The molecule has 0 aliphatic rings. The van der Waals surface area contributed by atoms with E-state index in [1.54, 1.807) is 0 Å². The van der Waals surface area contributed by atoms with Crippen LogP contribution in [0, 0.1) is 0 Å². The second-order valence-electron chi connectivity index (χ2n) is 12.8. The minimum atomic E-state index is 0.595. The maximum atomic E-state index is 6.40. The molecule has 238 valence electrons. The molecule has 10 rings (SSSR count). The monoisotopic (exact) mass is 651 g/mol. The highest BCUT2D eigenvalue weighted by atomic mass is 16.3. The van der Waals surface area contributed by atoms with Crippen molar-refractivity contribution in [3.63, 3.8) is 0 Å². The molecule has 0 spiro atoms. The van der Waals surface area contributed by atoms with Gasteiger partial charge >= 0.3 is 0 Å². The minimum absolute atomic E-state index is 0.595. The normalized spacial score (nSPS) is 11.5. The summed E-state index contributed by atoms with van der Waals surface area (Å²) in [5, 5.41) is 6.75. The third-order valence-corrected chi connectivity index (χ3v) is 9.74. The molecule has 51 heavy (non-hydrogen) atoms. The van der Waals surface area contributed by atoms with E-state index in [1.807, 2.05) is 24.3 Å². The maximum absolute atomic E-state index is 6.40. The van der Waals surface area contributed by atoms with Crippen LogP contribution < -0.4 is 0 Å². The van der Waals surface area contributed by atoms with Crippen molar-refractivity contribution in [3.8, 4) is 56.4 Å². The standard InChI is InChI=1S/C47H29N3O/c1-2-12-32(13-3-1)39-27-28-42-43(40-18-8-9-20-41(40)51-42)44(39)47-49-45(48-46(50-47)36-26-21-30-11-4-5-15-35(30)29-36)34-24-22-33(23-25-34)38-19-10-16-31-14-6-7-17-37(31)38/h1-29H. The summed E-state index contributed by atoms with van der Waals surface area (Å²) < 4.78 is 6.40. The van der Waals surface area contributed by atoms with Crippen LogP contribution >= 0.6 is 0 Å². The highest BCUT2D eigenvalue weighted by molar-refractivity contribution is 6.15.